The standard InChI is InChI=1S/C18H25ClN2O3S2/c19-16-8-4-5-9-17(16)26(23,24)21-12-10-20(11-13-21)18(22)14-25-15-6-2-1-3-7-15/h4-5,8-9,15H,1-3,6-7,10-14H2. The first-order valence-corrected chi connectivity index (χ1v) is 12.0. The molecule has 2 aliphatic rings. The molecule has 1 amide bonds. The molecule has 0 unspecified atom stereocenters. The number of hydrogen-bond acceptors (Lipinski definition) is 4. The smallest absolute Gasteiger partial charge is 0.244 e. The number of nitrogens with zero attached hydrogens (tertiary/aromatic N) is 2. The van der Waals surface area contributed by atoms with Crippen molar-refractivity contribution in [1.29, 1.82) is 0 Å². The van der Waals surface area contributed by atoms with Crippen LogP contribution in [0.1, 0.15) is 32.1 Å². The van der Waals surface area contributed by atoms with E-state index in [4.69, 9.17) is 11.6 Å². The number of carbonyl (C=O) groups excluding carboxylic acids is 1. The van der Waals surface area contributed by atoms with Gasteiger partial charge >= 0.3 is 0 Å². The van der Waals surface area contributed by atoms with Gasteiger partial charge in [-0.05, 0) is 25.0 Å². The number of thioether (sulfide) groups is 1. The zero-order valence-corrected chi connectivity index (χ0v) is 17.2. The van der Waals surface area contributed by atoms with Gasteiger partial charge in [0.25, 0.3) is 0 Å². The molecule has 26 heavy (non-hydrogen) atoms. The minimum Gasteiger partial charge on any atom is -0.339 e. The summed E-state index contributed by atoms with van der Waals surface area (Å²) in [6.07, 6.45) is 6.27. The van der Waals surface area contributed by atoms with E-state index in [-0.39, 0.29) is 15.8 Å². The van der Waals surface area contributed by atoms with Gasteiger partial charge < -0.3 is 4.90 Å². The molecule has 0 spiro atoms. The molecule has 5 nitrogen and oxygen atoms in total. The fourth-order valence-electron chi connectivity index (χ4n) is 3.48. The van der Waals surface area contributed by atoms with Gasteiger partial charge in [0.15, 0.2) is 0 Å². The van der Waals surface area contributed by atoms with Crippen molar-refractivity contribution in [3.05, 3.63) is 29.3 Å². The number of halogens is 1. The van der Waals surface area contributed by atoms with Crippen molar-refractivity contribution in [3.63, 3.8) is 0 Å². The predicted octanol–water partition coefficient (Wildman–Crippen LogP) is 3.24. The van der Waals surface area contributed by atoms with Crippen LogP contribution in [0.25, 0.3) is 0 Å². The first-order valence-electron chi connectivity index (χ1n) is 9.12. The van der Waals surface area contributed by atoms with Crippen LogP contribution in [0, 0.1) is 0 Å². The van der Waals surface area contributed by atoms with Crippen molar-refractivity contribution in [2.24, 2.45) is 0 Å². The van der Waals surface area contributed by atoms with Gasteiger partial charge in [0.1, 0.15) is 4.90 Å². The Morgan fingerprint density at radius 3 is 2.38 bits per heavy atom. The number of hydrogen-bond donors (Lipinski definition) is 0. The van der Waals surface area contributed by atoms with Crippen LogP contribution in [-0.4, -0.2) is 60.7 Å². The molecule has 3 rings (SSSR count). The number of amides is 1. The van der Waals surface area contributed by atoms with E-state index in [0.717, 1.165) is 0 Å². The second-order valence-corrected chi connectivity index (χ2v) is 10.4. The van der Waals surface area contributed by atoms with Gasteiger partial charge in [-0.15, -0.1) is 11.8 Å². The molecule has 1 aromatic carbocycles. The van der Waals surface area contributed by atoms with Crippen molar-refractivity contribution < 1.29 is 13.2 Å². The van der Waals surface area contributed by atoms with Crippen LogP contribution in [0.5, 0.6) is 0 Å². The zero-order valence-electron chi connectivity index (χ0n) is 14.8. The average Bonchev–Trinajstić information content (AvgIpc) is 2.67. The Kier molecular flexibility index (Phi) is 6.88. The highest BCUT2D eigenvalue weighted by Crippen LogP contribution is 2.29. The van der Waals surface area contributed by atoms with Crippen molar-refractivity contribution >= 4 is 39.3 Å². The number of piperazine rings is 1. The van der Waals surface area contributed by atoms with E-state index in [1.54, 1.807) is 34.9 Å². The largest absolute Gasteiger partial charge is 0.339 e. The Bertz CT molecular complexity index is 728. The molecule has 0 radical (unpaired) electrons. The van der Waals surface area contributed by atoms with E-state index in [0.29, 0.717) is 37.2 Å². The van der Waals surface area contributed by atoms with Crippen LogP contribution in [0.2, 0.25) is 5.02 Å². The van der Waals surface area contributed by atoms with Crippen LogP contribution in [0.4, 0.5) is 0 Å². The van der Waals surface area contributed by atoms with Crippen LogP contribution in [-0.2, 0) is 14.8 Å². The lowest BCUT2D eigenvalue weighted by molar-refractivity contribution is -0.129. The highest BCUT2D eigenvalue weighted by atomic mass is 35.5. The third-order valence-electron chi connectivity index (χ3n) is 5.04. The van der Waals surface area contributed by atoms with Gasteiger partial charge in [0.2, 0.25) is 15.9 Å². The van der Waals surface area contributed by atoms with E-state index >= 15 is 0 Å². The van der Waals surface area contributed by atoms with Crippen LogP contribution in [0.15, 0.2) is 29.2 Å². The van der Waals surface area contributed by atoms with E-state index in [1.807, 2.05) is 0 Å². The van der Waals surface area contributed by atoms with Crippen LogP contribution < -0.4 is 0 Å². The summed E-state index contributed by atoms with van der Waals surface area (Å²) in [5.74, 6) is 0.623. The minimum absolute atomic E-state index is 0.121. The SMILES string of the molecule is O=C(CSC1CCCCC1)N1CCN(S(=O)(=O)c2ccccc2Cl)CC1. The molecule has 1 saturated carbocycles. The fraction of sp³-hybridized carbons (Fsp3) is 0.611. The molecule has 1 aromatic rings. The fourth-order valence-corrected chi connectivity index (χ4v) is 6.63. The molecule has 0 atom stereocenters. The zero-order chi connectivity index (χ0) is 18.6. The van der Waals surface area contributed by atoms with Gasteiger partial charge in [-0.1, -0.05) is 43.0 Å². The second kappa shape index (κ2) is 8.95. The van der Waals surface area contributed by atoms with E-state index in [2.05, 4.69) is 0 Å². The van der Waals surface area contributed by atoms with E-state index in [9.17, 15) is 13.2 Å². The van der Waals surface area contributed by atoms with Crippen LogP contribution in [0.3, 0.4) is 0 Å². The van der Waals surface area contributed by atoms with Crippen molar-refractivity contribution in [2.75, 3.05) is 31.9 Å². The number of benzene rings is 1. The summed E-state index contributed by atoms with van der Waals surface area (Å²) in [5, 5.41) is 0.837. The maximum atomic E-state index is 12.8. The molecule has 1 saturated heterocycles. The van der Waals surface area contributed by atoms with Crippen molar-refractivity contribution in [2.45, 2.75) is 42.2 Å². The van der Waals surface area contributed by atoms with Crippen molar-refractivity contribution in [3.8, 4) is 0 Å². The first kappa shape index (κ1) is 20.0. The topological polar surface area (TPSA) is 57.7 Å². The average molecular weight is 417 g/mol. The number of rotatable bonds is 5. The molecule has 144 valence electrons. The summed E-state index contributed by atoms with van der Waals surface area (Å²) < 4.78 is 26.9. The number of sulfonamides is 1. The van der Waals surface area contributed by atoms with Gasteiger partial charge in [0.05, 0.1) is 10.8 Å². The Hall–Kier alpha value is -0.760. The van der Waals surface area contributed by atoms with Gasteiger partial charge in [-0.2, -0.15) is 4.31 Å². The molecule has 1 aliphatic heterocycles. The molecule has 0 bridgehead atoms. The third kappa shape index (κ3) is 4.74. The van der Waals surface area contributed by atoms with E-state index in [1.165, 1.54) is 42.5 Å². The monoisotopic (exact) mass is 416 g/mol. The predicted molar refractivity (Wildman–Crippen MR) is 106 cm³/mol. The third-order valence-corrected chi connectivity index (χ3v) is 8.80. The molecule has 2 fully saturated rings. The number of carbonyl (C=O) groups is 1. The van der Waals surface area contributed by atoms with Gasteiger partial charge in [-0.3, -0.25) is 4.79 Å². The van der Waals surface area contributed by atoms with Crippen molar-refractivity contribution in [1.82, 2.24) is 9.21 Å². The second-order valence-electron chi connectivity index (χ2n) is 6.79. The maximum absolute atomic E-state index is 12.8. The molecule has 1 heterocycles. The Morgan fingerprint density at radius 2 is 1.73 bits per heavy atom. The lowest BCUT2D eigenvalue weighted by Gasteiger charge is -2.34. The summed E-state index contributed by atoms with van der Waals surface area (Å²) >= 11 is 7.81. The summed E-state index contributed by atoms with van der Waals surface area (Å²) in [5.41, 5.74) is 0. The Morgan fingerprint density at radius 1 is 1.08 bits per heavy atom. The molecular weight excluding hydrogens is 392 g/mol. The Labute approximate surface area is 165 Å². The summed E-state index contributed by atoms with van der Waals surface area (Å²) in [6, 6.07) is 6.48. The molecule has 1 aliphatic carbocycles. The summed E-state index contributed by atoms with van der Waals surface area (Å²) in [7, 11) is -3.61. The molecule has 0 aromatic heterocycles. The highest BCUT2D eigenvalue weighted by Gasteiger charge is 2.31. The van der Waals surface area contributed by atoms with Crippen LogP contribution >= 0.6 is 23.4 Å². The lowest BCUT2D eigenvalue weighted by atomic mass is 10.0. The molecular formula is C18H25ClN2O3S2. The summed E-state index contributed by atoms with van der Waals surface area (Å²) in [4.78, 5) is 14.4. The molecule has 0 N–H and O–H groups in total. The summed E-state index contributed by atoms with van der Waals surface area (Å²) in [6.45, 7) is 1.50. The normalized spacial score (nSPS) is 20.3. The van der Waals surface area contributed by atoms with Gasteiger partial charge in [0, 0.05) is 31.4 Å². The van der Waals surface area contributed by atoms with E-state index < -0.39 is 10.0 Å². The highest BCUT2D eigenvalue weighted by molar-refractivity contribution is 8.00. The Balaban J connectivity index is 1.52. The lowest BCUT2D eigenvalue weighted by Crippen LogP contribution is -2.51. The minimum atomic E-state index is -3.61. The maximum Gasteiger partial charge on any atom is 0.244 e. The quantitative estimate of drug-likeness (QED) is 0.739. The first-order chi connectivity index (χ1) is 12.5. The molecule has 8 heteroatoms. The van der Waals surface area contributed by atoms with Gasteiger partial charge in [-0.25, -0.2) is 8.42 Å².